The number of piperazine rings is 1. The Labute approximate surface area is 187 Å². The maximum absolute atomic E-state index is 12.4. The van der Waals surface area contributed by atoms with Gasteiger partial charge in [0.2, 0.25) is 0 Å². The van der Waals surface area contributed by atoms with Gasteiger partial charge in [-0.3, -0.25) is 0 Å². The van der Waals surface area contributed by atoms with Gasteiger partial charge in [-0.25, -0.2) is 4.79 Å². The highest BCUT2D eigenvalue weighted by atomic mass is 16.7. The van der Waals surface area contributed by atoms with Crippen LogP contribution in [0.3, 0.4) is 0 Å². The molecule has 0 N–H and O–H groups in total. The van der Waals surface area contributed by atoms with E-state index in [1.165, 1.54) is 18.4 Å². The standard InChI is InChI=1S/C24H37BN2O4/c1-22(2,3)29-21(28)27-14-12-26(13-15-27)18-10-11-19(17-8-9-17)20(16-18)25-30-23(4,5)24(6,7)31-25/h10-11,16-17H,8-9,12-15H2,1-7H3. The summed E-state index contributed by atoms with van der Waals surface area (Å²) in [6.07, 6.45) is 2.25. The third-order valence-corrected chi connectivity index (χ3v) is 6.89. The van der Waals surface area contributed by atoms with Crippen molar-refractivity contribution in [1.82, 2.24) is 4.90 Å². The molecule has 1 aliphatic carbocycles. The average molecular weight is 428 g/mol. The molecule has 0 spiro atoms. The fourth-order valence-corrected chi connectivity index (χ4v) is 4.17. The molecule has 3 aliphatic rings. The Morgan fingerprint density at radius 1 is 1.03 bits per heavy atom. The van der Waals surface area contributed by atoms with Crippen LogP contribution in [0.1, 0.15) is 72.8 Å². The minimum atomic E-state index is -0.468. The fraction of sp³-hybridized carbons (Fsp3) is 0.708. The van der Waals surface area contributed by atoms with Gasteiger partial charge >= 0.3 is 13.2 Å². The predicted molar refractivity (Wildman–Crippen MR) is 124 cm³/mol. The van der Waals surface area contributed by atoms with Crippen molar-refractivity contribution in [3.05, 3.63) is 23.8 Å². The Morgan fingerprint density at radius 3 is 2.13 bits per heavy atom. The molecule has 0 radical (unpaired) electrons. The minimum absolute atomic E-state index is 0.228. The summed E-state index contributed by atoms with van der Waals surface area (Å²) in [6, 6.07) is 6.72. The summed E-state index contributed by atoms with van der Waals surface area (Å²) in [5.74, 6) is 0.618. The van der Waals surface area contributed by atoms with Crippen LogP contribution in [0.4, 0.5) is 10.5 Å². The molecule has 0 aromatic heterocycles. The van der Waals surface area contributed by atoms with Gasteiger partial charge in [0, 0.05) is 31.9 Å². The first-order valence-electron chi connectivity index (χ1n) is 11.6. The molecule has 2 heterocycles. The van der Waals surface area contributed by atoms with Gasteiger partial charge in [0.1, 0.15) is 5.60 Å². The molecule has 1 saturated carbocycles. The molecule has 31 heavy (non-hydrogen) atoms. The number of amides is 1. The van der Waals surface area contributed by atoms with Gasteiger partial charge in [-0.2, -0.15) is 0 Å². The quantitative estimate of drug-likeness (QED) is 0.684. The van der Waals surface area contributed by atoms with Crippen LogP contribution in [0, 0.1) is 0 Å². The van der Waals surface area contributed by atoms with E-state index in [0.29, 0.717) is 19.0 Å². The van der Waals surface area contributed by atoms with Crippen molar-refractivity contribution in [1.29, 1.82) is 0 Å². The first-order chi connectivity index (χ1) is 14.4. The Kier molecular flexibility index (Phi) is 5.58. The molecule has 170 valence electrons. The molecule has 2 saturated heterocycles. The smallest absolute Gasteiger partial charge is 0.444 e. The molecule has 0 unspecified atom stereocenters. The van der Waals surface area contributed by atoms with Crippen LogP contribution in [0.5, 0.6) is 0 Å². The van der Waals surface area contributed by atoms with E-state index in [4.69, 9.17) is 14.0 Å². The van der Waals surface area contributed by atoms with Crippen molar-refractivity contribution in [3.8, 4) is 0 Å². The van der Waals surface area contributed by atoms with Gasteiger partial charge < -0.3 is 23.8 Å². The number of ether oxygens (including phenoxy) is 1. The van der Waals surface area contributed by atoms with E-state index in [1.807, 2.05) is 20.8 Å². The van der Waals surface area contributed by atoms with Crippen LogP contribution in [0.25, 0.3) is 0 Å². The Balaban J connectivity index is 1.50. The Morgan fingerprint density at radius 2 is 1.61 bits per heavy atom. The van der Waals surface area contributed by atoms with Crippen molar-refractivity contribution in [2.45, 2.75) is 84.0 Å². The van der Waals surface area contributed by atoms with Crippen LogP contribution in [-0.2, 0) is 14.0 Å². The molecule has 6 nitrogen and oxygen atoms in total. The third-order valence-electron chi connectivity index (χ3n) is 6.89. The zero-order valence-electron chi connectivity index (χ0n) is 20.2. The number of hydrogen-bond donors (Lipinski definition) is 0. The van der Waals surface area contributed by atoms with Crippen molar-refractivity contribution in [2.24, 2.45) is 0 Å². The lowest BCUT2D eigenvalue weighted by atomic mass is 9.74. The van der Waals surface area contributed by atoms with E-state index in [-0.39, 0.29) is 24.4 Å². The third kappa shape index (κ3) is 4.72. The van der Waals surface area contributed by atoms with E-state index in [2.05, 4.69) is 50.8 Å². The highest BCUT2D eigenvalue weighted by Crippen LogP contribution is 2.42. The van der Waals surface area contributed by atoms with Gasteiger partial charge in [-0.05, 0) is 90.4 Å². The highest BCUT2D eigenvalue weighted by Gasteiger charge is 2.52. The lowest BCUT2D eigenvalue weighted by Crippen LogP contribution is -2.50. The summed E-state index contributed by atoms with van der Waals surface area (Å²) in [7, 11) is -0.344. The van der Waals surface area contributed by atoms with E-state index in [1.54, 1.807) is 4.90 Å². The second kappa shape index (κ2) is 7.70. The molecule has 7 heteroatoms. The SMILES string of the molecule is CC(C)(C)OC(=O)N1CCN(c2ccc(C3CC3)c(B3OC(C)(C)C(C)(C)O3)c2)CC1. The van der Waals surface area contributed by atoms with E-state index in [0.717, 1.165) is 24.2 Å². The summed E-state index contributed by atoms with van der Waals surface area (Å²) in [4.78, 5) is 16.5. The van der Waals surface area contributed by atoms with Crippen molar-refractivity contribution < 1.29 is 18.8 Å². The normalized spacial score (nSPS) is 23.3. The maximum atomic E-state index is 12.4. The molecule has 0 atom stereocenters. The Bertz CT molecular complexity index is 820. The summed E-state index contributed by atoms with van der Waals surface area (Å²) in [5, 5.41) is 0. The molecule has 2 aliphatic heterocycles. The maximum Gasteiger partial charge on any atom is 0.495 e. The molecular weight excluding hydrogens is 391 g/mol. The number of carbonyl (C=O) groups excluding carboxylic acids is 1. The van der Waals surface area contributed by atoms with E-state index < -0.39 is 5.60 Å². The monoisotopic (exact) mass is 428 g/mol. The number of rotatable bonds is 3. The van der Waals surface area contributed by atoms with Gasteiger partial charge in [0.15, 0.2) is 0 Å². The molecule has 1 aromatic rings. The molecule has 4 rings (SSSR count). The first kappa shape index (κ1) is 22.5. The molecular formula is C24H37BN2O4. The molecule has 3 fully saturated rings. The predicted octanol–water partition coefficient (Wildman–Crippen LogP) is 3.92. The fourth-order valence-electron chi connectivity index (χ4n) is 4.17. The van der Waals surface area contributed by atoms with Gasteiger partial charge in [0.05, 0.1) is 11.2 Å². The topological polar surface area (TPSA) is 51.2 Å². The van der Waals surface area contributed by atoms with E-state index in [9.17, 15) is 4.79 Å². The summed E-state index contributed by atoms with van der Waals surface area (Å²) < 4.78 is 18.3. The number of nitrogens with zero attached hydrogens (tertiary/aromatic N) is 2. The second-order valence-corrected chi connectivity index (χ2v) is 11.1. The summed E-state index contributed by atoms with van der Waals surface area (Å²) in [6.45, 7) is 17.0. The molecule has 0 bridgehead atoms. The minimum Gasteiger partial charge on any atom is -0.444 e. The average Bonchev–Trinajstić information content (AvgIpc) is 3.47. The van der Waals surface area contributed by atoms with Crippen molar-refractivity contribution in [3.63, 3.8) is 0 Å². The van der Waals surface area contributed by atoms with Gasteiger partial charge in [-0.1, -0.05) is 6.07 Å². The lowest BCUT2D eigenvalue weighted by Gasteiger charge is -2.37. The van der Waals surface area contributed by atoms with E-state index >= 15 is 0 Å². The van der Waals surface area contributed by atoms with Crippen LogP contribution >= 0.6 is 0 Å². The van der Waals surface area contributed by atoms with Crippen LogP contribution in [0.15, 0.2) is 18.2 Å². The number of benzene rings is 1. The van der Waals surface area contributed by atoms with Gasteiger partial charge in [-0.15, -0.1) is 0 Å². The first-order valence-corrected chi connectivity index (χ1v) is 11.6. The highest BCUT2D eigenvalue weighted by molar-refractivity contribution is 6.62. The van der Waals surface area contributed by atoms with Crippen molar-refractivity contribution >= 4 is 24.4 Å². The second-order valence-electron chi connectivity index (χ2n) is 11.1. The van der Waals surface area contributed by atoms with Crippen LogP contribution < -0.4 is 10.4 Å². The number of anilines is 1. The zero-order valence-corrected chi connectivity index (χ0v) is 20.2. The molecule has 1 amide bonds. The largest absolute Gasteiger partial charge is 0.495 e. The van der Waals surface area contributed by atoms with Crippen molar-refractivity contribution in [2.75, 3.05) is 31.1 Å². The van der Waals surface area contributed by atoms with Crippen LogP contribution in [0.2, 0.25) is 0 Å². The number of hydrogen-bond acceptors (Lipinski definition) is 5. The zero-order chi connectivity index (χ0) is 22.6. The summed E-state index contributed by atoms with van der Waals surface area (Å²) >= 11 is 0. The van der Waals surface area contributed by atoms with Crippen LogP contribution in [-0.4, -0.2) is 61.1 Å². The lowest BCUT2D eigenvalue weighted by molar-refractivity contribution is 0.00578. The summed E-state index contributed by atoms with van der Waals surface area (Å²) in [5.41, 5.74) is 2.51. The Hall–Kier alpha value is -1.73. The molecule has 1 aromatic carbocycles. The van der Waals surface area contributed by atoms with Gasteiger partial charge in [0.25, 0.3) is 0 Å². The number of carbonyl (C=O) groups is 1.